The van der Waals surface area contributed by atoms with Crippen molar-refractivity contribution < 1.29 is 18.1 Å². The second kappa shape index (κ2) is 6.18. The Morgan fingerprint density at radius 3 is 2.24 bits per heavy atom. The molecular weight excluding hydrogens is 288 g/mol. The molecular formula is C16H20O4S. The third-order valence-corrected chi connectivity index (χ3v) is 4.75. The van der Waals surface area contributed by atoms with E-state index >= 15 is 0 Å². The summed E-state index contributed by atoms with van der Waals surface area (Å²) in [5, 5.41) is 10.3. The Morgan fingerprint density at radius 1 is 1.14 bits per heavy atom. The van der Waals surface area contributed by atoms with Crippen LogP contribution in [-0.2, 0) is 10.1 Å². The lowest BCUT2D eigenvalue weighted by Crippen LogP contribution is -2.29. The molecule has 21 heavy (non-hydrogen) atoms. The molecule has 1 fully saturated rings. The zero-order valence-electron chi connectivity index (χ0n) is 12.0. The monoisotopic (exact) mass is 308 g/mol. The molecule has 1 aromatic carbocycles. The summed E-state index contributed by atoms with van der Waals surface area (Å²) < 4.78 is 30.9. The van der Waals surface area contributed by atoms with Gasteiger partial charge in [0.1, 0.15) is 5.60 Å². The van der Waals surface area contributed by atoms with E-state index in [1.165, 1.54) is 12.1 Å². The lowest BCUT2D eigenvalue weighted by Gasteiger charge is -2.26. The van der Waals surface area contributed by atoms with Crippen LogP contribution in [0.2, 0.25) is 0 Å². The first-order valence-corrected chi connectivity index (χ1v) is 8.57. The van der Waals surface area contributed by atoms with E-state index in [4.69, 9.17) is 4.55 Å². The van der Waals surface area contributed by atoms with Crippen molar-refractivity contribution in [2.45, 2.75) is 55.4 Å². The van der Waals surface area contributed by atoms with Crippen LogP contribution in [-0.4, -0.2) is 23.7 Å². The molecule has 1 aromatic rings. The molecule has 114 valence electrons. The highest BCUT2D eigenvalue weighted by Gasteiger charge is 2.26. The maximum absolute atomic E-state index is 11.0. The van der Waals surface area contributed by atoms with Gasteiger partial charge in [0.05, 0.1) is 4.90 Å². The minimum Gasteiger partial charge on any atom is -0.378 e. The molecule has 0 aliphatic heterocycles. The minimum atomic E-state index is -4.16. The summed E-state index contributed by atoms with van der Waals surface area (Å²) in [5.41, 5.74) is -0.0183. The molecule has 1 aliphatic carbocycles. The fourth-order valence-corrected chi connectivity index (χ4v) is 3.00. The van der Waals surface area contributed by atoms with Gasteiger partial charge in [0, 0.05) is 5.92 Å². The topological polar surface area (TPSA) is 74.6 Å². The largest absolute Gasteiger partial charge is 0.378 e. The predicted molar refractivity (Wildman–Crippen MR) is 80.5 cm³/mol. The van der Waals surface area contributed by atoms with Gasteiger partial charge in [0.15, 0.2) is 0 Å². The quantitative estimate of drug-likeness (QED) is 0.651. The lowest BCUT2D eigenvalue weighted by molar-refractivity contribution is 0.0609. The van der Waals surface area contributed by atoms with Crippen molar-refractivity contribution in [2.75, 3.05) is 0 Å². The smallest absolute Gasteiger partial charge is 0.294 e. The second-order valence-corrected chi connectivity index (χ2v) is 7.05. The molecule has 0 spiro atoms. The first kappa shape index (κ1) is 16.0. The Morgan fingerprint density at radius 2 is 1.71 bits per heavy atom. The van der Waals surface area contributed by atoms with E-state index in [2.05, 4.69) is 11.8 Å². The summed E-state index contributed by atoms with van der Waals surface area (Å²) in [6.07, 6.45) is 4.59. The van der Waals surface area contributed by atoms with Crippen LogP contribution in [0.4, 0.5) is 0 Å². The van der Waals surface area contributed by atoms with Crippen LogP contribution in [0.1, 0.15) is 50.5 Å². The van der Waals surface area contributed by atoms with Crippen molar-refractivity contribution in [3.05, 3.63) is 29.8 Å². The fraction of sp³-hybridized carbons (Fsp3) is 0.500. The summed E-state index contributed by atoms with van der Waals surface area (Å²) >= 11 is 0. The number of hydrogen-bond acceptors (Lipinski definition) is 3. The van der Waals surface area contributed by atoms with Crippen LogP contribution >= 0.6 is 0 Å². The van der Waals surface area contributed by atoms with E-state index in [0.29, 0.717) is 12.8 Å². The first-order chi connectivity index (χ1) is 9.80. The first-order valence-electron chi connectivity index (χ1n) is 7.13. The van der Waals surface area contributed by atoms with E-state index in [0.717, 1.165) is 24.8 Å². The number of benzene rings is 1. The third-order valence-electron chi connectivity index (χ3n) is 3.88. The molecule has 2 N–H and O–H groups in total. The van der Waals surface area contributed by atoms with Gasteiger partial charge in [0.25, 0.3) is 10.1 Å². The number of aliphatic hydroxyl groups is 1. The lowest BCUT2D eigenvalue weighted by atomic mass is 9.85. The molecule has 0 aromatic heterocycles. The molecule has 4 nitrogen and oxygen atoms in total. The highest BCUT2D eigenvalue weighted by Crippen LogP contribution is 2.27. The summed E-state index contributed by atoms with van der Waals surface area (Å²) in [7, 11) is -4.16. The maximum Gasteiger partial charge on any atom is 0.294 e. The zero-order chi connectivity index (χ0) is 15.5. The van der Waals surface area contributed by atoms with Crippen molar-refractivity contribution in [2.24, 2.45) is 0 Å². The SMILES string of the molecule is CC(C#CC1(O)CCCCC1)c1ccc(S(=O)(=O)O)cc1. The van der Waals surface area contributed by atoms with E-state index in [1.807, 2.05) is 6.92 Å². The third kappa shape index (κ3) is 4.31. The maximum atomic E-state index is 11.0. The van der Waals surface area contributed by atoms with Gasteiger partial charge in [-0.15, -0.1) is 0 Å². The Bertz CT molecular complexity index is 644. The number of hydrogen-bond donors (Lipinski definition) is 2. The molecule has 0 amide bonds. The van der Waals surface area contributed by atoms with Gasteiger partial charge in [-0.3, -0.25) is 4.55 Å². The highest BCUT2D eigenvalue weighted by atomic mass is 32.2. The average Bonchev–Trinajstić information content (AvgIpc) is 2.45. The molecule has 0 bridgehead atoms. The Hall–Kier alpha value is -1.35. The summed E-state index contributed by atoms with van der Waals surface area (Å²) in [4.78, 5) is -0.127. The summed E-state index contributed by atoms with van der Waals surface area (Å²) in [6, 6.07) is 5.98. The molecule has 1 aliphatic rings. The van der Waals surface area contributed by atoms with E-state index in [9.17, 15) is 13.5 Å². The molecule has 1 unspecified atom stereocenters. The molecule has 5 heteroatoms. The van der Waals surface area contributed by atoms with Crippen molar-refractivity contribution in [1.29, 1.82) is 0 Å². The van der Waals surface area contributed by atoms with Crippen LogP contribution in [0.25, 0.3) is 0 Å². The van der Waals surface area contributed by atoms with Crippen molar-refractivity contribution in [1.82, 2.24) is 0 Å². The molecule has 1 atom stereocenters. The predicted octanol–water partition coefficient (Wildman–Crippen LogP) is 2.74. The van der Waals surface area contributed by atoms with E-state index < -0.39 is 15.7 Å². The van der Waals surface area contributed by atoms with Gasteiger partial charge in [-0.2, -0.15) is 8.42 Å². The molecule has 0 saturated heterocycles. The van der Waals surface area contributed by atoms with Gasteiger partial charge in [0.2, 0.25) is 0 Å². The normalized spacial score (nSPS) is 19.4. The van der Waals surface area contributed by atoms with Gasteiger partial charge in [-0.1, -0.05) is 30.4 Å². The van der Waals surface area contributed by atoms with Crippen molar-refractivity contribution in [3.63, 3.8) is 0 Å². The van der Waals surface area contributed by atoms with Crippen LogP contribution in [0.15, 0.2) is 29.2 Å². The standard InChI is InChI=1S/C16H20O4S/c1-13(9-12-16(17)10-3-2-4-11-16)14-5-7-15(8-6-14)21(18,19)20/h5-8,13,17H,2-4,10-11H2,1H3,(H,18,19,20). The van der Waals surface area contributed by atoms with Gasteiger partial charge in [-0.25, -0.2) is 0 Å². The van der Waals surface area contributed by atoms with Crippen LogP contribution in [0.3, 0.4) is 0 Å². The molecule has 2 rings (SSSR count). The Balaban J connectivity index is 2.12. The summed E-state index contributed by atoms with van der Waals surface area (Å²) in [6.45, 7) is 1.90. The molecule has 0 heterocycles. The van der Waals surface area contributed by atoms with Gasteiger partial charge < -0.3 is 5.11 Å². The number of rotatable bonds is 2. The van der Waals surface area contributed by atoms with Crippen LogP contribution < -0.4 is 0 Å². The van der Waals surface area contributed by atoms with Gasteiger partial charge in [-0.05, 0) is 50.3 Å². The second-order valence-electron chi connectivity index (χ2n) is 5.63. The zero-order valence-corrected chi connectivity index (χ0v) is 12.9. The molecule has 0 radical (unpaired) electrons. The Labute approximate surface area is 125 Å². The summed E-state index contributed by atoms with van der Waals surface area (Å²) in [5.74, 6) is 5.93. The minimum absolute atomic E-state index is 0.105. The van der Waals surface area contributed by atoms with Crippen LogP contribution in [0.5, 0.6) is 0 Å². The van der Waals surface area contributed by atoms with E-state index in [-0.39, 0.29) is 10.8 Å². The van der Waals surface area contributed by atoms with Gasteiger partial charge >= 0.3 is 0 Å². The highest BCUT2D eigenvalue weighted by molar-refractivity contribution is 7.85. The Kier molecular flexibility index (Phi) is 4.72. The van der Waals surface area contributed by atoms with Crippen molar-refractivity contribution in [3.8, 4) is 11.8 Å². The fourth-order valence-electron chi connectivity index (χ4n) is 2.52. The average molecular weight is 308 g/mol. The van der Waals surface area contributed by atoms with E-state index in [1.54, 1.807) is 12.1 Å². The van der Waals surface area contributed by atoms with Crippen molar-refractivity contribution >= 4 is 10.1 Å². The molecule has 1 saturated carbocycles. The van der Waals surface area contributed by atoms with Crippen LogP contribution in [0, 0.1) is 11.8 Å².